The molecule has 0 aliphatic rings. The second kappa shape index (κ2) is 6.24. The number of nitrogens with zero attached hydrogens (tertiary/aromatic N) is 4. The van der Waals surface area contributed by atoms with Crippen LogP contribution in [0.25, 0.3) is 0 Å². The van der Waals surface area contributed by atoms with Gasteiger partial charge in [0.1, 0.15) is 6.33 Å². The van der Waals surface area contributed by atoms with Gasteiger partial charge < -0.3 is 9.47 Å². The average molecular weight is 278 g/mol. The van der Waals surface area contributed by atoms with E-state index in [0.717, 1.165) is 10.7 Å². The summed E-state index contributed by atoms with van der Waals surface area (Å²) in [6, 6.07) is 5.57. The minimum absolute atomic E-state index is 0.662. The molecule has 6 nitrogen and oxygen atoms in total. The highest BCUT2D eigenvalue weighted by Crippen LogP contribution is 2.26. The highest BCUT2D eigenvalue weighted by molar-refractivity contribution is 7.98. The zero-order valence-corrected chi connectivity index (χ0v) is 11.7. The van der Waals surface area contributed by atoms with Crippen LogP contribution in [0.1, 0.15) is 5.56 Å². The first-order valence-corrected chi connectivity index (χ1v) is 6.71. The van der Waals surface area contributed by atoms with Crippen molar-refractivity contribution >= 4 is 18.0 Å². The molecule has 0 amide bonds. The molecule has 0 unspecified atom stereocenters. The Morgan fingerprint density at radius 3 is 2.74 bits per heavy atom. The average Bonchev–Trinajstić information content (AvgIpc) is 2.92. The summed E-state index contributed by atoms with van der Waals surface area (Å²) in [4.78, 5) is 5.54. The summed E-state index contributed by atoms with van der Waals surface area (Å²) in [5.41, 5.74) is 0.889. The van der Waals surface area contributed by atoms with Gasteiger partial charge in [0.05, 0.1) is 20.4 Å². The van der Waals surface area contributed by atoms with E-state index in [4.69, 9.17) is 9.47 Å². The molecule has 2 rings (SSSR count). The zero-order chi connectivity index (χ0) is 13.7. The highest BCUT2D eigenvalue weighted by atomic mass is 32.2. The Labute approximate surface area is 115 Å². The van der Waals surface area contributed by atoms with E-state index in [1.807, 2.05) is 24.5 Å². The maximum atomic E-state index is 5.23. The predicted octanol–water partition coefficient (Wildman–Crippen LogP) is 1.90. The summed E-state index contributed by atoms with van der Waals surface area (Å²) in [5, 5.41) is 8.98. The molecule has 0 N–H and O–H groups in total. The van der Waals surface area contributed by atoms with Crippen LogP contribution < -0.4 is 9.47 Å². The molecule has 0 bridgehead atoms. The largest absolute Gasteiger partial charge is 0.493 e. The van der Waals surface area contributed by atoms with Gasteiger partial charge in [0.15, 0.2) is 11.5 Å². The number of ether oxygens (including phenoxy) is 2. The molecule has 19 heavy (non-hydrogen) atoms. The van der Waals surface area contributed by atoms with Crippen molar-refractivity contribution in [3.05, 3.63) is 30.1 Å². The maximum absolute atomic E-state index is 5.23. The third kappa shape index (κ3) is 3.05. The van der Waals surface area contributed by atoms with E-state index in [0.29, 0.717) is 11.5 Å². The monoisotopic (exact) mass is 278 g/mol. The number of thioether (sulfide) groups is 1. The molecule has 0 saturated heterocycles. The second-order valence-corrected chi connectivity index (χ2v) is 4.27. The molecule has 1 aromatic heterocycles. The van der Waals surface area contributed by atoms with Crippen molar-refractivity contribution in [2.75, 3.05) is 20.5 Å². The molecule has 0 radical (unpaired) electrons. The van der Waals surface area contributed by atoms with Gasteiger partial charge in [-0.1, -0.05) is 11.8 Å². The van der Waals surface area contributed by atoms with Crippen molar-refractivity contribution in [3.8, 4) is 11.5 Å². The highest BCUT2D eigenvalue weighted by Gasteiger charge is 2.04. The number of hydrogen-bond donors (Lipinski definition) is 0. The molecule has 0 aliphatic carbocycles. The van der Waals surface area contributed by atoms with Gasteiger partial charge >= 0.3 is 0 Å². The maximum Gasteiger partial charge on any atom is 0.210 e. The van der Waals surface area contributed by atoms with Crippen molar-refractivity contribution in [1.82, 2.24) is 14.9 Å². The van der Waals surface area contributed by atoms with Crippen LogP contribution in [-0.4, -0.2) is 41.6 Å². The van der Waals surface area contributed by atoms with Crippen molar-refractivity contribution in [2.45, 2.75) is 5.16 Å². The normalized spacial score (nSPS) is 10.9. The summed E-state index contributed by atoms with van der Waals surface area (Å²) >= 11 is 1.48. The van der Waals surface area contributed by atoms with Crippen molar-refractivity contribution in [1.29, 1.82) is 0 Å². The van der Waals surface area contributed by atoms with E-state index >= 15 is 0 Å². The molecule has 0 aliphatic heterocycles. The number of rotatable bonds is 5. The molecule has 100 valence electrons. The summed E-state index contributed by atoms with van der Waals surface area (Å²) in [6.45, 7) is 0. The summed E-state index contributed by atoms with van der Waals surface area (Å²) in [7, 11) is 3.20. The summed E-state index contributed by atoms with van der Waals surface area (Å²) in [5.74, 6) is 1.35. The fourth-order valence-electron chi connectivity index (χ4n) is 1.49. The molecule has 1 aromatic carbocycles. The van der Waals surface area contributed by atoms with E-state index in [-0.39, 0.29) is 0 Å². The van der Waals surface area contributed by atoms with Crippen LogP contribution in [0, 0.1) is 0 Å². The van der Waals surface area contributed by atoms with Gasteiger partial charge in [-0.3, -0.25) is 0 Å². The molecule has 1 heterocycles. The van der Waals surface area contributed by atoms with Gasteiger partial charge in [-0.25, -0.2) is 4.98 Å². The molecule has 2 aromatic rings. The van der Waals surface area contributed by atoms with Crippen LogP contribution in [0.5, 0.6) is 11.5 Å². The first-order valence-electron chi connectivity index (χ1n) is 5.49. The number of benzene rings is 1. The Balaban J connectivity index is 2.24. The van der Waals surface area contributed by atoms with Gasteiger partial charge in [-0.15, -0.1) is 9.89 Å². The lowest BCUT2D eigenvalue weighted by Crippen LogP contribution is -1.96. The SMILES string of the molecule is COc1ccc(/C=N/n2ncnc2SC)cc1OC. The van der Waals surface area contributed by atoms with E-state index in [9.17, 15) is 0 Å². The smallest absolute Gasteiger partial charge is 0.210 e. The van der Waals surface area contributed by atoms with Gasteiger partial charge in [0.25, 0.3) is 0 Å². The number of hydrogen-bond acceptors (Lipinski definition) is 6. The zero-order valence-electron chi connectivity index (χ0n) is 10.9. The van der Waals surface area contributed by atoms with Crippen molar-refractivity contribution < 1.29 is 9.47 Å². The molecule has 0 atom stereocenters. The standard InChI is InChI=1S/C12H14N4O2S/c1-17-10-5-4-9(6-11(10)18-2)7-14-16-12(19-3)13-8-15-16/h4-8H,1-3H3/b14-7+. The van der Waals surface area contributed by atoms with E-state index in [2.05, 4.69) is 15.2 Å². The predicted molar refractivity (Wildman–Crippen MR) is 74.3 cm³/mol. The lowest BCUT2D eigenvalue weighted by Gasteiger charge is -2.07. The summed E-state index contributed by atoms with van der Waals surface area (Å²) < 4.78 is 10.4. The number of methoxy groups -OCH3 is 2. The Morgan fingerprint density at radius 1 is 1.26 bits per heavy atom. The number of aromatic nitrogens is 3. The van der Waals surface area contributed by atoms with Crippen LogP contribution in [0.2, 0.25) is 0 Å². The molecular formula is C12H14N4O2S. The lowest BCUT2D eigenvalue weighted by atomic mass is 10.2. The molecule has 0 saturated carbocycles. The van der Waals surface area contributed by atoms with E-state index in [1.54, 1.807) is 20.4 Å². The Hall–Kier alpha value is -2.02. The van der Waals surface area contributed by atoms with Crippen LogP contribution in [0.3, 0.4) is 0 Å². The lowest BCUT2D eigenvalue weighted by molar-refractivity contribution is 0.355. The van der Waals surface area contributed by atoms with Crippen LogP contribution >= 0.6 is 11.8 Å². The van der Waals surface area contributed by atoms with Gasteiger partial charge in [-0.2, -0.15) is 5.10 Å². The molecule has 7 heteroatoms. The van der Waals surface area contributed by atoms with Gasteiger partial charge in [0.2, 0.25) is 5.16 Å². The molecule has 0 spiro atoms. The van der Waals surface area contributed by atoms with Crippen molar-refractivity contribution in [3.63, 3.8) is 0 Å². The Morgan fingerprint density at radius 2 is 2.05 bits per heavy atom. The quantitative estimate of drug-likeness (QED) is 0.617. The first kappa shape index (κ1) is 13.4. The Bertz CT molecular complexity index is 583. The summed E-state index contributed by atoms with van der Waals surface area (Å²) in [6.07, 6.45) is 5.08. The first-order chi connectivity index (χ1) is 9.28. The molecular weight excluding hydrogens is 264 g/mol. The van der Waals surface area contributed by atoms with Crippen LogP contribution in [0.4, 0.5) is 0 Å². The fraction of sp³-hybridized carbons (Fsp3) is 0.250. The Kier molecular flexibility index (Phi) is 4.40. The third-order valence-corrected chi connectivity index (χ3v) is 3.04. The van der Waals surface area contributed by atoms with E-state index < -0.39 is 0 Å². The third-order valence-electron chi connectivity index (χ3n) is 2.41. The van der Waals surface area contributed by atoms with Crippen LogP contribution in [0.15, 0.2) is 34.8 Å². The minimum atomic E-state index is 0.662. The molecule has 0 fully saturated rings. The van der Waals surface area contributed by atoms with Crippen molar-refractivity contribution in [2.24, 2.45) is 5.10 Å². The fourth-order valence-corrected chi connectivity index (χ4v) is 1.90. The topological polar surface area (TPSA) is 61.5 Å². The second-order valence-electron chi connectivity index (χ2n) is 3.50. The van der Waals surface area contributed by atoms with Gasteiger partial charge in [0, 0.05) is 0 Å². The minimum Gasteiger partial charge on any atom is -0.493 e. The van der Waals surface area contributed by atoms with E-state index in [1.165, 1.54) is 22.9 Å². The van der Waals surface area contributed by atoms with Gasteiger partial charge in [-0.05, 0) is 30.0 Å². The van der Waals surface area contributed by atoms with Crippen LogP contribution in [-0.2, 0) is 0 Å².